The number of rotatable bonds is 4. The number of hydrogen-bond donors (Lipinski definition) is 4. The van der Waals surface area contributed by atoms with Crippen LogP contribution in [0.3, 0.4) is 0 Å². The predicted octanol–water partition coefficient (Wildman–Crippen LogP) is -8.39. The Kier molecular flexibility index (Phi) is 48.9. The first-order chi connectivity index (χ1) is 10.5. The van der Waals surface area contributed by atoms with Crippen LogP contribution in [0.4, 0.5) is 14.4 Å². The van der Waals surface area contributed by atoms with Crippen molar-refractivity contribution in [1.82, 2.24) is 0 Å². The van der Waals surface area contributed by atoms with Gasteiger partial charge in [0, 0.05) is 0 Å². The van der Waals surface area contributed by atoms with Crippen molar-refractivity contribution in [3.63, 3.8) is 0 Å². The molecule has 0 aromatic heterocycles. The van der Waals surface area contributed by atoms with Gasteiger partial charge in [-0.25, -0.2) is 14.4 Å². The van der Waals surface area contributed by atoms with E-state index in [0.717, 1.165) is 0 Å². The Bertz CT molecular complexity index is 325. The summed E-state index contributed by atoms with van der Waals surface area (Å²) in [6.45, 7) is 5.72. The van der Waals surface area contributed by atoms with Crippen LogP contribution < -0.4 is 80.8 Å². The molecule has 0 aliphatic heterocycles. The van der Waals surface area contributed by atoms with Crippen molar-refractivity contribution in [3.8, 4) is 0 Å². The van der Waals surface area contributed by atoms with Gasteiger partial charge in [-0.15, -0.1) is 0 Å². The van der Waals surface area contributed by atoms with Crippen LogP contribution in [0, 0.1) is 0 Å². The minimum atomic E-state index is -2.33. The number of carboxylic acid groups (broad SMARTS) is 3. The zero-order chi connectivity index (χ0) is 19.4. The Morgan fingerprint density at radius 2 is 1.16 bits per heavy atom. The third kappa shape index (κ3) is 83.0. The molecular weight excluding hydrogens is 366 g/mol. The minimum absolute atomic E-state index is 0. The van der Waals surface area contributed by atoms with Gasteiger partial charge in [0.2, 0.25) is 0 Å². The summed E-state index contributed by atoms with van der Waals surface area (Å²) in [5.74, 6) is -1.15. The average Bonchev–Trinajstić information content (AvgIpc) is 2.38. The van der Waals surface area contributed by atoms with Crippen molar-refractivity contribution in [2.45, 2.75) is 33.3 Å². The number of carbonyl (C=O) groups excluding carboxylic acids is 3. The van der Waals surface area contributed by atoms with Crippen molar-refractivity contribution in [2.24, 2.45) is 11.5 Å². The maximum Gasteiger partial charge on any atom is 1.00 e. The largest absolute Gasteiger partial charge is 1.00 e. The number of nitrogens with two attached hydrogens (primary N) is 2. The molecular formula is C11H22N2Na2O10. The summed E-state index contributed by atoms with van der Waals surface area (Å²) in [4.78, 5) is 37.2. The second-order valence-corrected chi connectivity index (χ2v) is 3.02. The summed E-state index contributed by atoms with van der Waals surface area (Å²) >= 11 is 0. The third-order valence-corrected chi connectivity index (χ3v) is 1.24. The average molecular weight is 388 g/mol. The standard InChI is InChI=1S/C4H8O3.2C3H7NO2.CH2O3.2Na/c1-2-3(5)4(6)7;2*1-2-6-3(4)5;2-1(3)4;;/h3,5H,2H2,1H3,(H,6,7);2*2H2,1H3,(H2,4,5);(H2,2,3,4);;/q;;;;2*+1/p-2. The molecule has 14 heteroatoms. The third-order valence-electron chi connectivity index (χ3n) is 1.24. The quantitative estimate of drug-likeness (QED) is 0.332. The van der Waals surface area contributed by atoms with E-state index in [-0.39, 0.29) is 65.5 Å². The summed E-state index contributed by atoms with van der Waals surface area (Å²) in [6.07, 6.45) is -4.66. The number of ether oxygens (including phenoxy) is 2. The Labute approximate surface area is 189 Å². The van der Waals surface area contributed by atoms with E-state index in [1.165, 1.54) is 0 Å². The Morgan fingerprint density at radius 3 is 1.16 bits per heavy atom. The van der Waals surface area contributed by atoms with Gasteiger partial charge in [0.15, 0.2) is 6.10 Å². The van der Waals surface area contributed by atoms with Gasteiger partial charge in [0.25, 0.3) is 0 Å². The molecule has 0 aromatic carbocycles. The maximum absolute atomic E-state index is 9.68. The molecule has 0 heterocycles. The zero-order valence-electron chi connectivity index (χ0n) is 15.0. The second-order valence-electron chi connectivity index (χ2n) is 3.02. The summed E-state index contributed by atoms with van der Waals surface area (Å²) in [5, 5.41) is 32.9. The molecule has 1 atom stereocenters. The van der Waals surface area contributed by atoms with Gasteiger partial charge in [-0.05, 0) is 26.4 Å². The molecule has 0 rings (SSSR count). The first-order valence-electron chi connectivity index (χ1n) is 6.09. The van der Waals surface area contributed by atoms with E-state index in [1.807, 2.05) is 0 Å². The Hall–Kier alpha value is -0.760. The number of aliphatic hydroxyl groups is 1. The molecule has 2 amide bonds. The van der Waals surface area contributed by atoms with Crippen LogP contribution in [-0.2, 0) is 14.3 Å². The number of aliphatic hydroxyl groups excluding tert-OH is 1. The second kappa shape index (κ2) is 31.1. The molecule has 25 heavy (non-hydrogen) atoms. The van der Waals surface area contributed by atoms with Crippen LogP contribution in [-0.4, -0.2) is 53.8 Å². The van der Waals surface area contributed by atoms with Crippen molar-refractivity contribution < 1.29 is 108 Å². The number of carboxylic acids is 1. The van der Waals surface area contributed by atoms with E-state index < -0.39 is 30.4 Å². The van der Waals surface area contributed by atoms with E-state index in [4.69, 9.17) is 25.2 Å². The van der Waals surface area contributed by atoms with Crippen LogP contribution in [0.5, 0.6) is 0 Å². The molecule has 0 saturated carbocycles. The number of primary amides is 2. The van der Waals surface area contributed by atoms with Gasteiger partial charge in [-0.3, -0.25) is 0 Å². The summed E-state index contributed by atoms with van der Waals surface area (Å²) in [7, 11) is 0. The molecule has 6 N–H and O–H groups in total. The van der Waals surface area contributed by atoms with Crippen LogP contribution in [0.25, 0.3) is 0 Å². The number of carbonyl (C=O) groups is 4. The van der Waals surface area contributed by atoms with Crippen LogP contribution in [0.15, 0.2) is 0 Å². The Morgan fingerprint density at radius 1 is 0.920 bits per heavy atom. The van der Waals surface area contributed by atoms with Gasteiger partial charge in [-0.2, -0.15) is 0 Å². The number of hydrogen-bond acceptors (Lipinski definition) is 9. The van der Waals surface area contributed by atoms with E-state index in [0.29, 0.717) is 13.2 Å². The van der Waals surface area contributed by atoms with Crippen molar-refractivity contribution in [2.75, 3.05) is 13.2 Å². The van der Waals surface area contributed by atoms with Gasteiger partial charge >= 0.3 is 77.3 Å². The zero-order valence-corrected chi connectivity index (χ0v) is 19.0. The molecule has 0 aliphatic carbocycles. The van der Waals surface area contributed by atoms with Gasteiger partial charge in [-0.1, -0.05) is 6.92 Å². The smallest absolute Gasteiger partial charge is 0.652 e. The molecule has 0 radical (unpaired) electrons. The van der Waals surface area contributed by atoms with E-state index >= 15 is 0 Å². The molecule has 0 aliphatic rings. The number of amides is 2. The van der Waals surface area contributed by atoms with Crippen molar-refractivity contribution in [1.29, 1.82) is 0 Å². The van der Waals surface area contributed by atoms with E-state index in [9.17, 15) is 14.4 Å². The predicted molar refractivity (Wildman–Crippen MR) is 71.7 cm³/mol. The topological polar surface area (TPSA) is 225 Å². The minimum Gasteiger partial charge on any atom is -0.652 e. The monoisotopic (exact) mass is 388 g/mol. The summed E-state index contributed by atoms with van der Waals surface area (Å²) < 4.78 is 8.36. The molecule has 12 nitrogen and oxygen atoms in total. The molecule has 0 spiro atoms. The van der Waals surface area contributed by atoms with Crippen LogP contribution in [0.1, 0.15) is 27.2 Å². The van der Waals surface area contributed by atoms with E-state index in [1.54, 1.807) is 20.8 Å². The summed E-state index contributed by atoms with van der Waals surface area (Å²) in [5.41, 5.74) is 9.08. The molecule has 0 aromatic rings. The molecule has 138 valence electrons. The van der Waals surface area contributed by atoms with Gasteiger partial charge < -0.3 is 46.2 Å². The summed E-state index contributed by atoms with van der Waals surface area (Å²) in [6, 6.07) is 0. The fourth-order valence-corrected chi connectivity index (χ4v) is 0.459. The Balaban J connectivity index is -0.0000000476. The van der Waals surface area contributed by atoms with Gasteiger partial charge in [0.1, 0.15) is 0 Å². The normalized spacial score (nSPS) is 8.32. The maximum atomic E-state index is 9.68. The van der Waals surface area contributed by atoms with Crippen LogP contribution >= 0.6 is 0 Å². The van der Waals surface area contributed by atoms with Crippen molar-refractivity contribution >= 4 is 24.3 Å². The first-order valence-corrected chi connectivity index (χ1v) is 6.09. The fourth-order valence-electron chi connectivity index (χ4n) is 0.459. The molecule has 1 unspecified atom stereocenters. The fraction of sp³-hybridized carbons (Fsp3) is 0.636. The molecule has 0 saturated heterocycles. The SMILES string of the molecule is CCC(O)C(=O)O.CCOC(N)=O.CCOC(N)=O.O=C([O-])[O-].[Na+].[Na+]. The first kappa shape index (κ1) is 39.4. The van der Waals surface area contributed by atoms with E-state index in [2.05, 4.69) is 20.9 Å². The van der Waals surface area contributed by atoms with Gasteiger partial charge in [0.05, 0.1) is 13.2 Å². The van der Waals surface area contributed by atoms with Crippen LogP contribution in [0.2, 0.25) is 0 Å². The molecule has 0 fully saturated rings. The molecule has 0 bridgehead atoms. The number of aliphatic carboxylic acids is 1. The van der Waals surface area contributed by atoms with Crippen molar-refractivity contribution in [3.05, 3.63) is 0 Å².